The maximum absolute atomic E-state index is 13.5. The van der Waals surface area contributed by atoms with Gasteiger partial charge in [0, 0.05) is 25.6 Å². The Balaban J connectivity index is 1.80. The molecule has 2 fully saturated rings. The van der Waals surface area contributed by atoms with Gasteiger partial charge in [-0.25, -0.2) is 0 Å². The highest BCUT2D eigenvalue weighted by molar-refractivity contribution is 5.79. The van der Waals surface area contributed by atoms with Gasteiger partial charge in [0.05, 0.1) is 0 Å². The molecule has 1 aliphatic heterocycles. The Bertz CT molecular complexity index is 548. The highest BCUT2D eigenvalue weighted by Gasteiger charge is 2.44. The molecule has 32 heavy (non-hydrogen) atoms. The third-order valence-corrected chi connectivity index (χ3v) is 7.89. The summed E-state index contributed by atoms with van der Waals surface area (Å²) in [4.78, 5) is 18.4. The monoisotopic (exact) mass is 444 g/mol. The van der Waals surface area contributed by atoms with Crippen molar-refractivity contribution in [3.8, 4) is 0 Å². The van der Waals surface area contributed by atoms with Crippen LogP contribution in [0.2, 0.25) is 0 Å². The van der Waals surface area contributed by atoms with Gasteiger partial charge in [0.1, 0.15) is 0 Å². The number of hydrogen-bond donors (Lipinski definition) is 0. The molecule has 0 aromatic heterocycles. The third-order valence-electron chi connectivity index (χ3n) is 7.89. The molecule has 3 heteroatoms. The first-order chi connectivity index (χ1) is 15.6. The van der Waals surface area contributed by atoms with Crippen LogP contribution in [0.5, 0.6) is 0 Å². The molecule has 2 aliphatic rings. The molecule has 0 aromatic carbocycles. The van der Waals surface area contributed by atoms with Crippen LogP contribution in [0.25, 0.3) is 0 Å². The molecule has 1 saturated heterocycles. The number of piperidine rings is 1. The molecule has 2 rings (SSSR count). The number of amides is 1. The first-order valence-corrected chi connectivity index (χ1v) is 13.9. The van der Waals surface area contributed by atoms with Crippen LogP contribution in [0.3, 0.4) is 0 Å². The lowest BCUT2D eigenvalue weighted by Gasteiger charge is -2.39. The molecule has 1 amide bonds. The van der Waals surface area contributed by atoms with Crippen LogP contribution in [-0.2, 0) is 4.79 Å². The van der Waals surface area contributed by atoms with Crippen molar-refractivity contribution in [2.45, 2.75) is 111 Å². The van der Waals surface area contributed by atoms with E-state index in [1.54, 1.807) is 0 Å². The van der Waals surface area contributed by atoms with E-state index in [4.69, 9.17) is 0 Å². The Labute approximate surface area is 199 Å². The van der Waals surface area contributed by atoms with E-state index >= 15 is 0 Å². The Morgan fingerprint density at radius 2 is 1.59 bits per heavy atom. The van der Waals surface area contributed by atoms with E-state index in [-0.39, 0.29) is 0 Å². The zero-order valence-corrected chi connectivity index (χ0v) is 21.6. The number of likely N-dealkylation sites (tertiary alicyclic amines) is 1. The summed E-state index contributed by atoms with van der Waals surface area (Å²) in [7, 11) is 0. The minimum Gasteiger partial charge on any atom is -0.342 e. The van der Waals surface area contributed by atoms with Crippen LogP contribution in [0, 0.1) is 11.3 Å². The molecule has 3 nitrogen and oxygen atoms in total. The molecular weight excluding hydrogens is 392 g/mol. The Hall–Kier alpha value is -1.09. The summed E-state index contributed by atoms with van der Waals surface area (Å²) in [5.74, 6) is 0.786. The molecule has 0 aromatic rings. The molecule has 1 saturated carbocycles. The lowest BCUT2D eigenvalue weighted by Crippen LogP contribution is -2.40. The van der Waals surface area contributed by atoms with E-state index in [0.29, 0.717) is 17.2 Å². The van der Waals surface area contributed by atoms with Gasteiger partial charge in [0.2, 0.25) is 5.91 Å². The van der Waals surface area contributed by atoms with Gasteiger partial charge >= 0.3 is 0 Å². The first-order valence-electron chi connectivity index (χ1n) is 13.9. The van der Waals surface area contributed by atoms with Crippen LogP contribution < -0.4 is 0 Å². The molecular formula is C29H52N2O. The quantitative estimate of drug-likeness (QED) is 0.194. The van der Waals surface area contributed by atoms with E-state index < -0.39 is 0 Å². The molecule has 1 atom stereocenters. The number of allylic oxidation sites excluding steroid dienone is 3. The van der Waals surface area contributed by atoms with Gasteiger partial charge in [-0.1, -0.05) is 76.7 Å². The molecule has 1 heterocycles. The van der Waals surface area contributed by atoms with Crippen molar-refractivity contribution < 1.29 is 4.79 Å². The second kappa shape index (κ2) is 15.7. The number of rotatable bonds is 15. The zero-order chi connectivity index (χ0) is 23.1. The maximum atomic E-state index is 13.5. The van der Waals surface area contributed by atoms with Crippen molar-refractivity contribution >= 4 is 5.91 Å². The van der Waals surface area contributed by atoms with Gasteiger partial charge in [-0.15, -0.1) is 0 Å². The zero-order valence-electron chi connectivity index (χ0n) is 21.6. The normalized spacial score (nSPS) is 21.3. The number of unbranched alkanes of at least 4 members (excludes halogenated alkanes) is 6. The minimum atomic E-state index is 0.294. The van der Waals surface area contributed by atoms with E-state index in [1.807, 2.05) is 0 Å². The van der Waals surface area contributed by atoms with E-state index in [9.17, 15) is 4.79 Å². The summed E-state index contributed by atoms with van der Waals surface area (Å²) < 4.78 is 0. The molecule has 0 radical (unpaired) electrons. The fourth-order valence-corrected chi connectivity index (χ4v) is 5.72. The summed E-state index contributed by atoms with van der Waals surface area (Å²) in [6, 6.07) is 0. The summed E-state index contributed by atoms with van der Waals surface area (Å²) in [5, 5.41) is 0. The average Bonchev–Trinajstić information content (AvgIpc) is 3.22. The molecule has 184 valence electrons. The van der Waals surface area contributed by atoms with Gasteiger partial charge in [-0.3, -0.25) is 4.79 Å². The van der Waals surface area contributed by atoms with Crippen molar-refractivity contribution in [3.05, 3.63) is 24.3 Å². The standard InChI is InChI=1S/C29H52N2O/c1-4-7-10-13-14-21-30-24-19-29(20-25-30)18-17-27(26-29)28(32)31(22-15-11-8-5-2)23-16-12-9-6-3/h4,7,10,13,27H,5-6,8-9,11-12,14-26H2,1-3H3/b7-4-,13-10-. The maximum Gasteiger partial charge on any atom is 0.225 e. The number of nitrogens with zero attached hydrogens (tertiary/aromatic N) is 2. The fraction of sp³-hybridized carbons (Fsp3) is 0.828. The minimum absolute atomic E-state index is 0.294. The highest BCUT2D eigenvalue weighted by Crippen LogP contribution is 2.49. The summed E-state index contributed by atoms with van der Waals surface area (Å²) in [6.07, 6.45) is 25.9. The molecule has 1 aliphatic carbocycles. The number of carbonyl (C=O) groups excluding carboxylic acids is 1. The highest BCUT2D eigenvalue weighted by atomic mass is 16.2. The van der Waals surface area contributed by atoms with Crippen LogP contribution >= 0.6 is 0 Å². The van der Waals surface area contributed by atoms with E-state index in [0.717, 1.165) is 32.4 Å². The lowest BCUT2D eigenvalue weighted by molar-refractivity contribution is -0.136. The largest absolute Gasteiger partial charge is 0.342 e. The smallest absolute Gasteiger partial charge is 0.225 e. The summed E-state index contributed by atoms with van der Waals surface area (Å²) in [5.41, 5.74) is 0.452. The summed E-state index contributed by atoms with van der Waals surface area (Å²) >= 11 is 0. The number of carbonyl (C=O) groups is 1. The second-order valence-electron chi connectivity index (χ2n) is 10.5. The predicted molar refractivity (Wildman–Crippen MR) is 139 cm³/mol. The fourth-order valence-electron chi connectivity index (χ4n) is 5.72. The van der Waals surface area contributed by atoms with Crippen molar-refractivity contribution in [1.29, 1.82) is 0 Å². The Morgan fingerprint density at radius 1 is 0.938 bits per heavy atom. The van der Waals surface area contributed by atoms with Gasteiger partial charge in [-0.05, 0) is 76.8 Å². The summed E-state index contributed by atoms with van der Waals surface area (Å²) in [6.45, 7) is 12.2. The number of hydrogen-bond acceptors (Lipinski definition) is 2. The molecule has 0 bridgehead atoms. The Morgan fingerprint density at radius 3 is 2.19 bits per heavy atom. The third kappa shape index (κ3) is 9.41. The van der Waals surface area contributed by atoms with Crippen molar-refractivity contribution in [2.24, 2.45) is 11.3 Å². The van der Waals surface area contributed by atoms with Gasteiger partial charge in [-0.2, -0.15) is 0 Å². The SMILES string of the molecule is C/C=C\C=C/CCN1CCC2(CCC(C(=O)N(CCCCCC)CCCCCC)C2)CC1. The van der Waals surface area contributed by atoms with Gasteiger partial charge in [0.15, 0.2) is 0 Å². The van der Waals surface area contributed by atoms with E-state index in [1.165, 1.54) is 90.3 Å². The average molecular weight is 445 g/mol. The van der Waals surface area contributed by atoms with Crippen LogP contribution in [0.15, 0.2) is 24.3 Å². The van der Waals surface area contributed by atoms with Gasteiger partial charge < -0.3 is 9.80 Å². The van der Waals surface area contributed by atoms with Crippen LogP contribution in [0.4, 0.5) is 0 Å². The van der Waals surface area contributed by atoms with Crippen LogP contribution in [0.1, 0.15) is 111 Å². The molecule has 0 N–H and O–H groups in total. The van der Waals surface area contributed by atoms with Crippen molar-refractivity contribution in [3.63, 3.8) is 0 Å². The van der Waals surface area contributed by atoms with Crippen LogP contribution in [-0.4, -0.2) is 48.4 Å². The van der Waals surface area contributed by atoms with Crippen molar-refractivity contribution in [1.82, 2.24) is 9.80 Å². The van der Waals surface area contributed by atoms with Gasteiger partial charge in [0.25, 0.3) is 0 Å². The second-order valence-corrected chi connectivity index (χ2v) is 10.5. The molecule has 1 spiro atoms. The predicted octanol–water partition coefficient (Wildman–Crippen LogP) is 7.38. The topological polar surface area (TPSA) is 23.6 Å². The Kier molecular flexibility index (Phi) is 13.3. The van der Waals surface area contributed by atoms with E-state index in [2.05, 4.69) is 54.9 Å². The molecule has 1 unspecified atom stereocenters. The lowest BCUT2D eigenvalue weighted by atomic mass is 9.76. The first kappa shape index (κ1) is 27.2. The van der Waals surface area contributed by atoms with Crippen molar-refractivity contribution in [2.75, 3.05) is 32.7 Å².